The normalized spacial score (nSPS) is 19.4. The summed E-state index contributed by atoms with van der Waals surface area (Å²) in [7, 11) is 0. The van der Waals surface area contributed by atoms with Crippen molar-refractivity contribution in [3.05, 3.63) is 0 Å². The maximum atomic E-state index is 5.72. The molecule has 0 spiro atoms. The zero-order chi connectivity index (χ0) is 14.3. The van der Waals surface area contributed by atoms with Crippen molar-refractivity contribution in [3.8, 4) is 0 Å². The van der Waals surface area contributed by atoms with Crippen molar-refractivity contribution in [1.29, 1.82) is 0 Å². The second-order valence-corrected chi connectivity index (χ2v) is 5.03. The van der Waals surface area contributed by atoms with E-state index in [0.29, 0.717) is 45.7 Å². The highest BCUT2D eigenvalue weighted by Crippen LogP contribution is 2.05. The molecule has 1 heterocycles. The molecule has 20 heavy (non-hydrogen) atoms. The van der Waals surface area contributed by atoms with Gasteiger partial charge in [-0.2, -0.15) is 0 Å². The Labute approximate surface area is 123 Å². The molecule has 1 atom stereocenters. The third-order valence-corrected chi connectivity index (χ3v) is 3.22. The first kappa shape index (κ1) is 17.9. The minimum atomic E-state index is 0.365. The molecule has 1 saturated heterocycles. The van der Waals surface area contributed by atoms with Crippen molar-refractivity contribution in [3.63, 3.8) is 0 Å². The summed E-state index contributed by atoms with van der Waals surface area (Å²) in [6, 6.07) is 0. The molecule has 5 heteroatoms. The van der Waals surface area contributed by atoms with Crippen LogP contribution in [0.5, 0.6) is 0 Å². The van der Waals surface area contributed by atoms with Gasteiger partial charge in [-0.1, -0.05) is 13.3 Å². The summed E-state index contributed by atoms with van der Waals surface area (Å²) in [5.41, 5.74) is 0. The average molecular weight is 289 g/mol. The highest BCUT2D eigenvalue weighted by molar-refractivity contribution is 4.68. The van der Waals surface area contributed by atoms with E-state index in [0.717, 1.165) is 32.5 Å². The number of unbranched alkanes of at least 4 members (excludes halogenated alkanes) is 1. The van der Waals surface area contributed by atoms with E-state index in [-0.39, 0.29) is 0 Å². The van der Waals surface area contributed by atoms with Gasteiger partial charge in [0.2, 0.25) is 0 Å². The van der Waals surface area contributed by atoms with Gasteiger partial charge in [-0.25, -0.2) is 0 Å². The van der Waals surface area contributed by atoms with Gasteiger partial charge in [0, 0.05) is 13.2 Å². The van der Waals surface area contributed by atoms with Crippen LogP contribution in [0.15, 0.2) is 0 Å². The fourth-order valence-corrected chi connectivity index (χ4v) is 2.02. The third-order valence-electron chi connectivity index (χ3n) is 3.22. The summed E-state index contributed by atoms with van der Waals surface area (Å²) in [6.45, 7) is 8.99. The first-order valence-electron chi connectivity index (χ1n) is 7.99. The maximum absolute atomic E-state index is 5.72. The molecule has 0 bridgehead atoms. The highest BCUT2D eigenvalue weighted by Gasteiger charge is 2.12. The fourth-order valence-electron chi connectivity index (χ4n) is 2.02. The van der Waals surface area contributed by atoms with Crippen LogP contribution in [0, 0.1) is 0 Å². The van der Waals surface area contributed by atoms with Crippen molar-refractivity contribution in [1.82, 2.24) is 5.32 Å². The quantitative estimate of drug-likeness (QED) is 0.522. The molecule has 5 nitrogen and oxygen atoms in total. The molecular weight excluding hydrogens is 258 g/mol. The molecule has 0 aromatic carbocycles. The van der Waals surface area contributed by atoms with Gasteiger partial charge in [-0.05, 0) is 25.8 Å². The number of nitrogens with one attached hydrogen (secondary N) is 1. The van der Waals surface area contributed by atoms with E-state index in [1.807, 2.05) is 0 Å². The van der Waals surface area contributed by atoms with Crippen molar-refractivity contribution in [2.24, 2.45) is 0 Å². The van der Waals surface area contributed by atoms with Crippen LogP contribution in [-0.2, 0) is 18.9 Å². The Morgan fingerprint density at radius 3 is 2.15 bits per heavy atom. The van der Waals surface area contributed by atoms with Crippen LogP contribution in [0.4, 0.5) is 0 Å². The first-order valence-corrected chi connectivity index (χ1v) is 7.99. The van der Waals surface area contributed by atoms with Crippen molar-refractivity contribution >= 4 is 0 Å². The molecule has 0 amide bonds. The average Bonchev–Trinajstić information content (AvgIpc) is 2.49. The number of rotatable bonds is 13. The van der Waals surface area contributed by atoms with Crippen LogP contribution < -0.4 is 5.32 Å². The molecule has 0 aliphatic carbocycles. The molecule has 1 aliphatic heterocycles. The predicted octanol–water partition coefficient (Wildman–Crippen LogP) is 1.60. The number of hydrogen-bond acceptors (Lipinski definition) is 5. The van der Waals surface area contributed by atoms with E-state index < -0.39 is 0 Å². The van der Waals surface area contributed by atoms with Crippen molar-refractivity contribution < 1.29 is 18.9 Å². The van der Waals surface area contributed by atoms with Crippen LogP contribution in [0.3, 0.4) is 0 Å². The van der Waals surface area contributed by atoms with Gasteiger partial charge in [0.05, 0.1) is 45.7 Å². The predicted molar refractivity (Wildman–Crippen MR) is 79.2 cm³/mol. The highest BCUT2D eigenvalue weighted by atomic mass is 16.6. The van der Waals surface area contributed by atoms with Crippen LogP contribution in [0.2, 0.25) is 0 Å². The van der Waals surface area contributed by atoms with Crippen LogP contribution >= 0.6 is 0 Å². The Morgan fingerprint density at radius 2 is 1.55 bits per heavy atom. The van der Waals surface area contributed by atoms with Gasteiger partial charge in [-0.3, -0.25) is 0 Å². The molecule has 1 fully saturated rings. The lowest BCUT2D eigenvalue weighted by molar-refractivity contribution is -0.0234. The zero-order valence-electron chi connectivity index (χ0n) is 12.9. The van der Waals surface area contributed by atoms with Gasteiger partial charge in [-0.15, -0.1) is 0 Å². The number of hydrogen-bond donors (Lipinski definition) is 1. The lowest BCUT2D eigenvalue weighted by Crippen LogP contribution is -2.35. The Bertz CT molecular complexity index is 198. The summed E-state index contributed by atoms with van der Waals surface area (Å²) in [4.78, 5) is 0. The molecule has 0 aromatic rings. The van der Waals surface area contributed by atoms with E-state index in [1.165, 1.54) is 12.8 Å². The first-order chi connectivity index (χ1) is 9.93. The van der Waals surface area contributed by atoms with Gasteiger partial charge in [0.25, 0.3) is 0 Å². The largest absolute Gasteiger partial charge is 0.379 e. The van der Waals surface area contributed by atoms with Crippen LogP contribution in [0.25, 0.3) is 0 Å². The molecule has 0 aromatic heterocycles. The Kier molecular flexibility index (Phi) is 12.3. The summed E-state index contributed by atoms with van der Waals surface area (Å²) in [5, 5.41) is 3.33. The van der Waals surface area contributed by atoms with E-state index in [2.05, 4.69) is 12.2 Å². The summed E-state index contributed by atoms with van der Waals surface area (Å²) >= 11 is 0. The standard InChI is InChI=1S/C15H31NO4/c1-2-3-7-17-8-9-18-10-11-19-12-13-20-15-5-4-6-16-14-15/h15-16H,2-14H2,1H3. The Morgan fingerprint density at radius 1 is 0.900 bits per heavy atom. The summed E-state index contributed by atoms with van der Waals surface area (Å²) < 4.78 is 22.0. The Hall–Kier alpha value is -0.200. The second kappa shape index (κ2) is 13.8. The Balaban J connectivity index is 1.70. The summed E-state index contributed by atoms with van der Waals surface area (Å²) in [6.07, 6.45) is 5.03. The smallest absolute Gasteiger partial charge is 0.0704 e. The van der Waals surface area contributed by atoms with Gasteiger partial charge in [0.1, 0.15) is 0 Å². The van der Waals surface area contributed by atoms with Crippen LogP contribution in [-0.4, -0.2) is 65.4 Å². The monoisotopic (exact) mass is 289 g/mol. The maximum Gasteiger partial charge on any atom is 0.0704 e. The molecule has 1 unspecified atom stereocenters. The van der Waals surface area contributed by atoms with E-state index in [1.54, 1.807) is 0 Å². The van der Waals surface area contributed by atoms with E-state index in [9.17, 15) is 0 Å². The van der Waals surface area contributed by atoms with Crippen LogP contribution in [0.1, 0.15) is 32.6 Å². The van der Waals surface area contributed by atoms with Crippen molar-refractivity contribution in [2.45, 2.75) is 38.7 Å². The summed E-state index contributed by atoms with van der Waals surface area (Å²) in [5.74, 6) is 0. The SMILES string of the molecule is CCCCOCCOCCOCCOC1CCCNC1. The van der Waals surface area contributed by atoms with Crippen molar-refractivity contribution in [2.75, 3.05) is 59.3 Å². The molecular formula is C15H31NO4. The van der Waals surface area contributed by atoms with E-state index >= 15 is 0 Å². The molecule has 120 valence electrons. The van der Waals surface area contributed by atoms with E-state index in [4.69, 9.17) is 18.9 Å². The lowest BCUT2D eigenvalue weighted by Gasteiger charge is -2.22. The fraction of sp³-hybridized carbons (Fsp3) is 1.00. The van der Waals surface area contributed by atoms with Gasteiger partial charge in [0.15, 0.2) is 0 Å². The molecule has 1 aliphatic rings. The minimum absolute atomic E-state index is 0.365. The molecule has 1 rings (SSSR count). The molecule has 1 N–H and O–H groups in total. The molecule has 0 saturated carbocycles. The lowest BCUT2D eigenvalue weighted by atomic mass is 10.1. The van der Waals surface area contributed by atoms with Gasteiger partial charge >= 0.3 is 0 Å². The number of ether oxygens (including phenoxy) is 4. The zero-order valence-corrected chi connectivity index (χ0v) is 12.9. The number of piperidine rings is 1. The topological polar surface area (TPSA) is 49.0 Å². The third kappa shape index (κ3) is 10.6. The van der Waals surface area contributed by atoms with Gasteiger partial charge < -0.3 is 24.3 Å². The second-order valence-electron chi connectivity index (χ2n) is 5.03. The minimum Gasteiger partial charge on any atom is -0.379 e. The molecule has 0 radical (unpaired) electrons.